The first-order chi connectivity index (χ1) is 16.3. The average Bonchev–Trinajstić information content (AvgIpc) is 2.84. The van der Waals surface area contributed by atoms with Gasteiger partial charge in [0, 0.05) is 12.1 Å². The topological polar surface area (TPSA) is 131 Å². The standard InChI is InChI=1S/C23H22N4O6S/c1-2-33-21-12-14-22(15-13-21)34(31,32)26(19-6-4-3-5-7-19)17-23(28)25-24-16-18-8-10-20(11-9-18)27(29)30/h3-16H,2,17H2,1H3,(H,25,28)/b24-16-. The molecule has 11 heteroatoms. The SMILES string of the molecule is CCOc1ccc(S(=O)(=O)N(CC(=O)N/N=C\c2ccc([N+](=O)[O-])cc2)c2ccccc2)cc1. The molecular formula is C23H22N4O6S. The number of carbonyl (C=O) groups excluding carboxylic acids is 1. The van der Waals surface area contributed by atoms with Gasteiger partial charge in [-0.1, -0.05) is 18.2 Å². The minimum absolute atomic E-state index is 0.00184. The van der Waals surface area contributed by atoms with Crippen LogP contribution in [0.25, 0.3) is 0 Å². The number of hydrogen-bond acceptors (Lipinski definition) is 7. The molecule has 176 valence electrons. The van der Waals surface area contributed by atoms with Gasteiger partial charge in [0.15, 0.2) is 0 Å². The summed E-state index contributed by atoms with van der Waals surface area (Å²) in [5.41, 5.74) is 3.05. The minimum Gasteiger partial charge on any atom is -0.494 e. The fraction of sp³-hybridized carbons (Fsp3) is 0.130. The van der Waals surface area contributed by atoms with Gasteiger partial charge in [0.2, 0.25) is 0 Å². The third-order valence-electron chi connectivity index (χ3n) is 4.56. The highest BCUT2D eigenvalue weighted by Gasteiger charge is 2.27. The Kier molecular flexibility index (Phi) is 7.93. The number of rotatable bonds is 10. The number of hydrogen-bond donors (Lipinski definition) is 1. The third kappa shape index (κ3) is 6.17. The lowest BCUT2D eigenvalue weighted by molar-refractivity contribution is -0.384. The van der Waals surface area contributed by atoms with Crippen molar-refractivity contribution in [2.45, 2.75) is 11.8 Å². The second-order valence-corrected chi connectivity index (χ2v) is 8.76. The molecule has 0 aliphatic heterocycles. The first kappa shape index (κ1) is 24.4. The summed E-state index contributed by atoms with van der Waals surface area (Å²) < 4.78 is 33.0. The number of hydrazone groups is 1. The zero-order chi connectivity index (χ0) is 24.6. The van der Waals surface area contributed by atoms with E-state index < -0.39 is 27.4 Å². The van der Waals surface area contributed by atoms with Crippen molar-refractivity contribution in [1.82, 2.24) is 5.43 Å². The summed E-state index contributed by atoms with van der Waals surface area (Å²) in [6, 6.07) is 19.7. The van der Waals surface area contributed by atoms with Crippen LogP contribution >= 0.6 is 0 Å². The van der Waals surface area contributed by atoms with Crippen LogP contribution in [0.5, 0.6) is 5.75 Å². The van der Waals surface area contributed by atoms with Gasteiger partial charge in [-0.25, -0.2) is 13.8 Å². The molecule has 1 amide bonds. The molecule has 1 N–H and O–H groups in total. The predicted octanol–water partition coefficient (Wildman–Crippen LogP) is 3.34. The minimum atomic E-state index is -4.07. The van der Waals surface area contributed by atoms with E-state index in [0.717, 1.165) is 4.31 Å². The number of ether oxygens (including phenoxy) is 1. The molecule has 0 radical (unpaired) electrons. The number of nitrogens with zero attached hydrogens (tertiary/aromatic N) is 3. The molecule has 0 saturated carbocycles. The van der Waals surface area contributed by atoms with Crippen LogP contribution in [0.2, 0.25) is 0 Å². The molecule has 0 aliphatic rings. The van der Waals surface area contributed by atoms with Crippen molar-refractivity contribution in [3.63, 3.8) is 0 Å². The van der Waals surface area contributed by atoms with Gasteiger partial charge in [0.05, 0.1) is 28.3 Å². The molecule has 0 fully saturated rings. The zero-order valence-corrected chi connectivity index (χ0v) is 19.0. The number of anilines is 1. The molecule has 34 heavy (non-hydrogen) atoms. The smallest absolute Gasteiger partial charge is 0.269 e. The number of nitro benzene ring substituents is 1. The Labute approximate surface area is 196 Å². The predicted molar refractivity (Wildman–Crippen MR) is 127 cm³/mol. The molecule has 3 aromatic rings. The van der Waals surface area contributed by atoms with E-state index in [0.29, 0.717) is 23.6 Å². The fourth-order valence-corrected chi connectivity index (χ4v) is 4.36. The molecule has 0 bridgehead atoms. The van der Waals surface area contributed by atoms with E-state index in [2.05, 4.69) is 10.5 Å². The molecule has 0 unspecified atom stereocenters. The molecule has 0 heterocycles. The van der Waals surface area contributed by atoms with Gasteiger partial charge in [-0.05, 0) is 61.0 Å². The number of carbonyl (C=O) groups is 1. The average molecular weight is 483 g/mol. The van der Waals surface area contributed by atoms with E-state index in [4.69, 9.17) is 4.74 Å². The lowest BCUT2D eigenvalue weighted by Crippen LogP contribution is -2.39. The molecule has 10 nitrogen and oxygen atoms in total. The van der Waals surface area contributed by atoms with Gasteiger partial charge < -0.3 is 4.74 Å². The number of amides is 1. The molecule has 3 rings (SSSR count). The quantitative estimate of drug-likeness (QED) is 0.268. The Morgan fingerprint density at radius 2 is 1.71 bits per heavy atom. The number of sulfonamides is 1. The Morgan fingerprint density at radius 3 is 2.29 bits per heavy atom. The van der Waals surface area contributed by atoms with E-state index >= 15 is 0 Å². The summed E-state index contributed by atoms with van der Waals surface area (Å²) in [7, 11) is -4.07. The summed E-state index contributed by atoms with van der Waals surface area (Å²) in [6.07, 6.45) is 1.30. The number of nitro groups is 1. The largest absolute Gasteiger partial charge is 0.494 e. The lowest BCUT2D eigenvalue weighted by Gasteiger charge is -2.23. The molecule has 3 aromatic carbocycles. The summed E-state index contributed by atoms with van der Waals surface area (Å²) in [5, 5.41) is 14.5. The van der Waals surface area contributed by atoms with Gasteiger partial charge in [0.25, 0.3) is 21.6 Å². The van der Waals surface area contributed by atoms with Crippen LogP contribution in [-0.2, 0) is 14.8 Å². The summed E-state index contributed by atoms with van der Waals surface area (Å²) in [4.78, 5) is 22.7. The molecule has 0 aliphatic carbocycles. The van der Waals surface area contributed by atoms with Gasteiger partial charge in [0.1, 0.15) is 12.3 Å². The number of nitrogens with one attached hydrogen (secondary N) is 1. The first-order valence-electron chi connectivity index (χ1n) is 10.2. The van der Waals surface area contributed by atoms with Crippen molar-refractivity contribution in [2.24, 2.45) is 5.10 Å². The maximum atomic E-state index is 13.3. The zero-order valence-electron chi connectivity index (χ0n) is 18.2. The van der Waals surface area contributed by atoms with Crippen LogP contribution in [0, 0.1) is 10.1 Å². The summed E-state index contributed by atoms with van der Waals surface area (Å²) >= 11 is 0. The highest BCUT2D eigenvalue weighted by Crippen LogP contribution is 2.25. The summed E-state index contributed by atoms with van der Waals surface area (Å²) in [5.74, 6) is -0.137. The maximum absolute atomic E-state index is 13.3. The van der Waals surface area contributed by atoms with E-state index in [9.17, 15) is 23.3 Å². The van der Waals surface area contributed by atoms with E-state index in [1.807, 2.05) is 6.92 Å². The normalized spacial score (nSPS) is 11.2. The third-order valence-corrected chi connectivity index (χ3v) is 6.35. The number of non-ortho nitro benzene ring substituents is 1. The molecule has 0 saturated heterocycles. The molecular weight excluding hydrogens is 460 g/mol. The Bertz CT molecular complexity index is 1260. The monoisotopic (exact) mass is 482 g/mol. The van der Waals surface area contributed by atoms with Crippen LogP contribution in [-0.4, -0.2) is 38.6 Å². The van der Waals surface area contributed by atoms with Crippen molar-refractivity contribution in [3.8, 4) is 5.75 Å². The number of para-hydroxylation sites is 1. The highest BCUT2D eigenvalue weighted by atomic mass is 32.2. The van der Waals surface area contributed by atoms with Gasteiger partial charge in [-0.15, -0.1) is 0 Å². The van der Waals surface area contributed by atoms with Crippen molar-refractivity contribution in [2.75, 3.05) is 17.5 Å². The van der Waals surface area contributed by atoms with E-state index in [-0.39, 0.29) is 10.6 Å². The number of benzene rings is 3. The molecule has 0 atom stereocenters. The Balaban J connectivity index is 1.77. The first-order valence-corrected chi connectivity index (χ1v) is 11.6. The maximum Gasteiger partial charge on any atom is 0.269 e. The van der Waals surface area contributed by atoms with Crippen LogP contribution in [0.1, 0.15) is 12.5 Å². The van der Waals surface area contributed by atoms with E-state index in [1.165, 1.54) is 42.6 Å². The lowest BCUT2D eigenvalue weighted by atomic mass is 10.2. The second kappa shape index (κ2) is 11.1. The van der Waals surface area contributed by atoms with Crippen LogP contribution in [0.4, 0.5) is 11.4 Å². The molecule has 0 aromatic heterocycles. The Morgan fingerprint density at radius 1 is 1.06 bits per heavy atom. The van der Waals surface area contributed by atoms with E-state index in [1.54, 1.807) is 42.5 Å². The highest BCUT2D eigenvalue weighted by molar-refractivity contribution is 7.92. The van der Waals surface area contributed by atoms with Gasteiger partial charge >= 0.3 is 0 Å². The van der Waals surface area contributed by atoms with Crippen LogP contribution in [0.15, 0.2) is 88.9 Å². The Hall–Kier alpha value is -4.25. The van der Waals surface area contributed by atoms with Crippen molar-refractivity contribution < 1.29 is 22.9 Å². The van der Waals surface area contributed by atoms with Crippen LogP contribution in [0.3, 0.4) is 0 Å². The summed E-state index contributed by atoms with van der Waals surface area (Å²) in [6.45, 7) is 1.75. The fourth-order valence-electron chi connectivity index (χ4n) is 2.94. The molecule has 0 spiro atoms. The van der Waals surface area contributed by atoms with Gasteiger partial charge in [-0.3, -0.25) is 19.2 Å². The van der Waals surface area contributed by atoms with Crippen molar-refractivity contribution in [3.05, 3.63) is 94.5 Å². The van der Waals surface area contributed by atoms with Gasteiger partial charge in [-0.2, -0.15) is 5.10 Å². The second-order valence-electron chi connectivity index (χ2n) is 6.89. The van der Waals surface area contributed by atoms with Crippen molar-refractivity contribution >= 4 is 33.5 Å². The van der Waals surface area contributed by atoms with Crippen molar-refractivity contribution in [1.29, 1.82) is 0 Å². The van der Waals surface area contributed by atoms with Crippen LogP contribution < -0.4 is 14.5 Å².